The Hall–Kier alpha value is -2.17. The highest BCUT2D eigenvalue weighted by atomic mass is 16.1. The Labute approximate surface area is 104 Å². The zero-order valence-electron chi connectivity index (χ0n) is 9.91. The number of aromatic nitrogens is 4. The van der Waals surface area contributed by atoms with E-state index in [4.69, 9.17) is 0 Å². The molecule has 0 aliphatic heterocycles. The molecule has 3 rings (SSSR count). The Kier molecular flexibility index (Phi) is 2.80. The van der Waals surface area contributed by atoms with Crippen LogP contribution < -0.4 is 5.56 Å². The number of hydrogen-bond acceptors (Lipinski definition) is 3. The first-order valence-electron chi connectivity index (χ1n) is 6.09. The number of nitrogens with zero attached hydrogens (tertiary/aromatic N) is 3. The highest BCUT2D eigenvalue weighted by Gasteiger charge is 2.19. The third-order valence-electron chi connectivity index (χ3n) is 3.19. The SMILES string of the molecule is O=c1ccnc(C=Cc2cnn(C3CCC3)c2)[nH]1. The summed E-state index contributed by atoms with van der Waals surface area (Å²) in [5.74, 6) is 0.555. The first kappa shape index (κ1) is 11.0. The van der Waals surface area contributed by atoms with Crippen molar-refractivity contribution >= 4 is 12.2 Å². The molecule has 1 N–H and O–H groups in total. The van der Waals surface area contributed by atoms with Crippen LogP contribution in [0.4, 0.5) is 0 Å². The number of aromatic amines is 1. The van der Waals surface area contributed by atoms with Gasteiger partial charge in [-0.25, -0.2) is 4.98 Å². The van der Waals surface area contributed by atoms with Crippen LogP contribution in [0.5, 0.6) is 0 Å². The van der Waals surface area contributed by atoms with Gasteiger partial charge in [0.1, 0.15) is 5.82 Å². The smallest absolute Gasteiger partial charge is 0.251 e. The van der Waals surface area contributed by atoms with E-state index in [0.717, 1.165) is 5.56 Å². The minimum Gasteiger partial charge on any atom is -0.307 e. The zero-order valence-corrected chi connectivity index (χ0v) is 9.91. The average Bonchev–Trinajstić information content (AvgIpc) is 2.73. The molecule has 0 bridgehead atoms. The molecular formula is C13H14N4O. The normalized spacial score (nSPS) is 16.0. The zero-order chi connectivity index (χ0) is 12.4. The molecule has 0 aromatic carbocycles. The molecule has 92 valence electrons. The molecule has 0 spiro atoms. The Bertz CT molecular complexity index is 622. The summed E-state index contributed by atoms with van der Waals surface area (Å²) in [6.07, 6.45) is 12.8. The van der Waals surface area contributed by atoms with Gasteiger partial charge in [0.15, 0.2) is 0 Å². The van der Waals surface area contributed by atoms with Crippen molar-refractivity contribution in [2.75, 3.05) is 0 Å². The fraction of sp³-hybridized carbons (Fsp3) is 0.308. The average molecular weight is 242 g/mol. The summed E-state index contributed by atoms with van der Waals surface area (Å²) in [7, 11) is 0. The van der Waals surface area contributed by atoms with Gasteiger partial charge in [0, 0.05) is 24.0 Å². The van der Waals surface area contributed by atoms with Crippen molar-refractivity contribution in [1.29, 1.82) is 0 Å². The summed E-state index contributed by atoms with van der Waals surface area (Å²) in [6.45, 7) is 0. The van der Waals surface area contributed by atoms with E-state index in [0.29, 0.717) is 11.9 Å². The first-order chi connectivity index (χ1) is 8.81. The lowest BCUT2D eigenvalue weighted by molar-refractivity contribution is 0.289. The molecule has 18 heavy (non-hydrogen) atoms. The van der Waals surface area contributed by atoms with Crippen LogP contribution in [0, 0.1) is 0 Å². The maximum absolute atomic E-state index is 11.1. The third kappa shape index (κ3) is 2.25. The van der Waals surface area contributed by atoms with Crippen LogP contribution in [-0.2, 0) is 0 Å². The van der Waals surface area contributed by atoms with Crippen LogP contribution in [0.3, 0.4) is 0 Å². The maximum atomic E-state index is 11.1. The van der Waals surface area contributed by atoms with Crippen molar-refractivity contribution in [3.05, 3.63) is 46.4 Å². The predicted molar refractivity (Wildman–Crippen MR) is 68.9 cm³/mol. The Balaban J connectivity index is 1.75. The van der Waals surface area contributed by atoms with Gasteiger partial charge in [-0.15, -0.1) is 0 Å². The molecule has 0 radical (unpaired) electrons. The van der Waals surface area contributed by atoms with Gasteiger partial charge in [0.25, 0.3) is 5.56 Å². The summed E-state index contributed by atoms with van der Waals surface area (Å²) < 4.78 is 2.02. The standard InChI is InChI=1S/C13H14N4O/c18-13-6-7-14-12(16-13)5-4-10-8-15-17(9-10)11-2-1-3-11/h4-9,11H,1-3H2,(H,14,16,18). The molecule has 5 nitrogen and oxygen atoms in total. The van der Waals surface area contributed by atoms with E-state index in [1.54, 1.807) is 6.08 Å². The Morgan fingerprint density at radius 3 is 3.00 bits per heavy atom. The Morgan fingerprint density at radius 1 is 1.39 bits per heavy atom. The molecule has 2 heterocycles. The molecule has 2 aromatic rings. The van der Waals surface area contributed by atoms with Crippen molar-refractivity contribution in [2.45, 2.75) is 25.3 Å². The number of rotatable bonds is 3. The fourth-order valence-electron chi connectivity index (χ4n) is 1.94. The minimum atomic E-state index is -0.144. The third-order valence-corrected chi connectivity index (χ3v) is 3.19. The quantitative estimate of drug-likeness (QED) is 0.893. The summed E-state index contributed by atoms with van der Waals surface area (Å²) in [4.78, 5) is 17.8. The van der Waals surface area contributed by atoms with Crippen LogP contribution in [0.15, 0.2) is 29.5 Å². The van der Waals surface area contributed by atoms with E-state index in [1.807, 2.05) is 23.2 Å². The van der Waals surface area contributed by atoms with Crippen molar-refractivity contribution < 1.29 is 0 Å². The van der Waals surface area contributed by atoms with Gasteiger partial charge in [-0.05, 0) is 31.4 Å². The van der Waals surface area contributed by atoms with Crippen LogP contribution >= 0.6 is 0 Å². The molecule has 0 amide bonds. The van der Waals surface area contributed by atoms with E-state index < -0.39 is 0 Å². The lowest BCUT2D eigenvalue weighted by Gasteiger charge is -2.25. The summed E-state index contributed by atoms with van der Waals surface area (Å²) in [5.41, 5.74) is 0.878. The summed E-state index contributed by atoms with van der Waals surface area (Å²) in [6, 6.07) is 1.97. The summed E-state index contributed by atoms with van der Waals surface area (Å²) >= 11 is 0. The van der Waals surface area contributed by atoms with Gasteiger partial charge < -0.3 is 4.98 Å². The molecule has 0 unspecified atom stereocenters. The number of nitrogens with one attached hydrogen (secondary N) is 1. The van der Waals surface area contributed by atoms with Gasteiger partial charge >= 0.3 is 0 Å². The summed E-state index contributed by atoms with van der Waals surface area (Å²) in [5, 5.41) is 4.34. The molecule has 1 fully saturated rings. The van der Waals surface area contributed by atoms with E-state index in [9.17, 15) is 4.79 Å². The lowest BCUT2D eigenvalue weighted by atomic mass is 9.93. The largest absolute Gasteiger partial charge is 0.307 e. The van der Waals surface area contributed by atoms with Gasteiger partial charge in [-0.3, -0.25) is 9.48 Å². The van der Waals surface area contributed by atoms with E-state index in [2.05, 4.69) is 15.1 Å². The highest BCUT2D eigenvalue weighted by Crippen LogP contribution is 2.30. The van der Waals surface area contributed by atoms with Crippen LogP contribution in [0.1, 0.15) is 36.7 Å². The molecule has 0 saturated heterocycles. The second-order valence-corrected chi connectivity index (χ2v) is 4.49. The van der Waals surface area contributed by atoms with E-state index >= 15 is 0 Å². The van der Waals surface area contributed by atoms with Crippen molar-refractivity contribution in [1.82, 2.24) is 19.7 Å². The Morgan fingerprint density at radius 2 is 2.28 bits per heavy atom. The molecule has 5 heteroatoms. The second-order valence-electron chi connectivity index (χ2n) is 4.49. The molecule has 1 aliphatic carbocycles. The lowest BCUT2D eigenvalue weighted by Crippen LogP contribution is -2.16. The highest BCUT2D eigenvalue weighted by molar-refractivity contribution is 5.65. The van der Waals surface area contributed by atoms with Gasteiger partial charge in [-0.1, -0.05) is 0 Å². The van der Waals surface area contributed by atoms with Crippen LogP contribution in [-0.4, -0.2) is 19.7 Å². The van der Waals surface area contributed by atoms with E-state index in [-0.39, 0.29) is 5.56 Å². The van der Waals surface area contributed by atoms with E-state index in [1.165, 1.54) is 31.5 Å². The molecule has 2 aromatic heterocycles. The second kappa shape index (κ2) is 4.60. The van der Waals surface area contributed by atoms with Crippen LogP contribution in [0.25, 0.3) is 12.2 Å². The number of H-pyrrole nitrogens is 1. The first-order valence-corrected chi connectivity index (χ1v) is 6.09. The topological polar surface area (TPSA) is 63.6 Å². The molecule has 1 aliphatic rings. The number of hydrogen-bond donors (Lipinski definition) is 1. The predicted octanol–water partition coefficient (Wildman–Crippen LogP) is 1.86. The minimum absolute atomic E-state index is 0.144. The maximum Gasteiger partial charge on any atom is 0.251 e. The van der Waals surface area contributed by atoms with Gasteiger partial charge in [0.2, 0.25) is 0 Å². The fourth-order valence-corrected chi connectivity index (χ4v) is 1.94. The molecular weight excluding hydrogens is 228 g/mol. The van der Waals surface area contributed by atoms with Gasteiger partial charge in [0.05, 0.1) is 12.2 Å². The molecule has 1 saturated carbocycles. The monoisotopic (exact) mass is 242 g/mol. The van der Waals surface area contributed by atoms with Crippen molar-refractivity contribution in [2.24, 2.45) is 0 Å². The van der Waals surface area contributed by atoms with Crippen LogP contribution in [0.2, 0.25) is 0 Å². The van der Waals surface area contributed by atoms with Gasteiger partial charge in [-0.2, -0.15) is 5.10 Å². The molecule has 0 atom stereocenters. The van der Waals surface area contributed by atoms with Crippen molar-refractivity contribution in [3.63, 3.8) is 0 Å². The van der Waals surface area contributed by atoms with Crippen molar-refractivity contribution in [3.8, 4) is 0 Å².